The molecule has 6 heteroatoms. The Bertz CT molecular complexity index is 700. The molecular formula is C21H29ClN2O3. The van der Waals surface area contributed by atoms with Gasteiger partial charge in [0.15, 0.2) is 0 Å². The summed E-state index contributed by atoms with van der Waals surface area (Å²) in [7, 11) is 0. The smallest absolute Gasteiger partial charge is 0.256 e. The number of carbonyl (C=O) groups is 2. The first kappa shape index (κ1) is 20.2. The molecule has 2 aliphatic rings. The molecular weight excluding hydrogens is 364 g/mol. The quantitative estimate of drug-likeness (QED) is 0.842. The lowest BCUT2D eigenvalue weighted by atomic mass is 9.83. The SMILES string of the molecule is CC[C@H](C)NC(=O)[C@@H]1COC2(CCC(C)CC2)N1C(=O)c1cccc(Cl)c1. The van der Waals surface area contributed by atoms with Crippen LogP contribution in [-0.2, 0) is 9.53 Å². The minimum Gasteiger partial charge on any atom is -0.353 e. The van der Waals surface area contributed by atoms with Crippen LogP contribution < -0.4 is 5.32 Å². The van der Waals surface area contributed by atoms with Crippen molar-refractivity contribution >= 4 is 23.4 Å². The standard InChI is InChI=1S/C21H29ClN2O3/c1-4-15(3)23-19(25)18-13-27-21(10-8-14(2)9-11-21)24(18)20(26)16-6-5-7-17(22)12-16/h5-7,12,14-15,18H,4,8-11,13H2,1-3H3,(H,23,25)/t14?,15-,18-,21?/m0/s1. The number of carbonyl (C=O) groups excluding carboxylic acids is 2. The van der Waals surface area contributed by atoms with Gasteiger partial charge in [-0.1, -0.05) is 31.5 Å². The van der Waals surface area contributed by atoms with Crippen molar-refractivity contribution in [2.24, 2.45) is 5.92 Å². The molecule has 0 radical (unpaired) electrons. The maximum absolute atomic E-state index is 13.4. The highest BCUT2D eigenvalue weighted by Gasteiger charge is 2.53. The van der Waals surface area contributed by atoms with Gasteiger partial charge in [0.25, 0.3) is 5.91 Å². The summed E-state index contributed by atoms with van der Waals surface area (Å²) in [5.74, 6) is 0.277. The topological polar surface area (TPSA) is 58.6 Å². The number of hydrogen-bond acceptors (Lipinski definition) is 3. The van der Waals surface area contributed by atoms with Crippen molar-refractivity contribution in [3.8, 4) is 0 Å². The summed E-state index contributed by atoms with van der Waals surface area (Å²) in [5, 5.41) is 3.52. The third kappa shape index (κ3) is 4.14. The normalized spacial score (nSPS) is 29.0. The zero-order chi connectivity index (χ0) is 19.6. The lowest BCUT2D eigenvalue weighted by Crippen LogP contribution is -2.57. The molecule has 2 fully saturated rings. The lowest BCUT2D eigenvalue weighted by Gasteiger charge is -2.43. The first-order chi connectivity index (χ1) is 12.9. The second-order valence-corrected chi connectivity index (χ2v) is 8.40. The van der Waals surface area contributed by atoms with Crippen LogP contribution in [0.15, 0.2) is 24.3 Å². The van der Waals surface area contributed by atoms with Gasteiger partial charge in [-0.2, -0.15) is 0 Å². The van der Waals surface area contributed by atoms with Gasteiger partial charge in [-0.05, 0) is 63.1 Å². The molecule has 2 atom stereocenters. The fraction of sp³-hybridized carbons (Fsp3) is 0.619. The number of nitrogens with zero attached hydrogens (tertiary/aromatic N) is 1. The fourth-order valence-electron chi connectivity index (χ4n) is 3.98. The van der Waals surface area contributed by atoms with Crippen molar-refractivity contribution in [3.05, 3.63) is 34.9 Å². The van der Waals surface area contributed by atoms with E-state index < -0.39 is 11.8 Å². The van der Waals surface area contributed by atoms with E-state index in [9.17, 15) is 9.59 Å². The van der Waals surface area contributed by atoms with Crippen molar-refractivity contribution in [2.75, 3.05) is 6.61 Å². The molecule has 0 bridgehead atoms. The molecule has 1 saturated carbocycles. The maximum atomic E-state index is 13.4. The van der Waals surface area contributed by atoms with Crippen LogP contribution >= 0.6 is 11.6 Å². The second-order valence-electron chi connectivity index (χ2n) is 7.96. The third-order valence-corrected chi connectivity index (χ3v) is 6.15. The van der Waals surface area contributed by atoms with E-state index in [0.717, 1.165) is 32.1 Å². The Hall–Kier alpha value is -1.59. The van der Waals surface area contributed by atoms with Crippen LogP contribution in [-0.4, -0.2) is 41.1 Å². The number of hydrogen-bond donors (Lipinski definition) is 1. The summed E-state index contributed by atoms with van der Waals surface area (Å²) >= 11 is 6.10. The van der Waals surface area contributed by atoms with E-state index in [-0.39, 0.29) is 24.5 Å². The van der Waals surface area contributed by atoms with Gasteiger partial charge in [0.05, 0.1) is 6.61 Å². The average molecular weight is 393 g/mol. The zero-order valence-corrected chi connectivity index (χ0v) is 17.1. The van der Waals surface area contributed by atoms with Crippen LogP contribution in [0.2, 0.25) is 5.02 Å². The lowest BCUT2D eigenvalue weighted by molar-refractivity contribution is -0.128. The van der Waals surface area contributed by atoms with E-state index >= 15 is 0 Å². The van der Waals surface area contributed by atoms with Gasteiger partial charge in [0.1, 0.15) is 11.8 Å². The third-order valence-electron chi connectivity index (χ3n) is 5.91. The molecule has 5 nitrogen and oxygen atoms in total. The molecule has 1 saturated heterocycles. The summed E-state index contributed by atoms with van der Waals surface area (Å²) < 4.78 is 6.18. The number of nitrogens with one attached hydrogen (secondary N) is 1. The van der Waals surface area contributed by atoms with Gasteiger partial charge >= 0.3 is 0 Å². The molecule has 148 valence electrons. The van der Waals surface area contributed by atoms with E-state index in [4.69, 9.17) is 16.3 Å². The summed E-state index contributed by atoms with van der Waals surface area (Å²) in [5.41, 5.74) is -0.198. The predicted octanol–water partition coefficient (Wildman–Crippen LogP) is 4.00. The Morgan fingerprint density at radius 1 is 1.37 bits per heavy atom. The van der Waals surface area contributed by atoms with Gasteiger partial charge in [0, 0.05) is 16.6 Å². The van der Waals surface area contributed by atoms with Gasteiger partial charge in [-0.25, -0.2) is 0 Å². The molecule has 1 aromatic rings. The Morgan fingerprint density at radius 3 is 2.70 bits per heavy atom. The minimum atomic E-state index is -0.691. The first-order valence-electron chi connectivity index (χ1n) is 9.90. The van der Waals surface area contributed by atoms with Gasteiger partial charge in [-0.15, -0.1) is 0 Å². The molecule has 1 aliphatic carbocycles. The Kier molecular flexibility index (Phi) is 6.11. The van der Waals surface area contributed by atoms with E-state index in [0.29, 0.717) is 16.5 Å². The molecule has 0 aromatic heterocycles. The summed E-state index contributed by atoms with van der Waals surface area (Å²) in [6.45, 7) is 6.45. The number of rotatable bonds is 4. The fourth-order valence-corrected chi connectivity index (χ4v) is 4.17. The molecule has 0 unspecified atom stereocenters. The summed E-state index contributed by atoms with van der Waals surface area (Å²) in [6.07, 6.45) is 4.32. The van der Waals surface area contributed by atoms with Crippen molar-refractivity contribution < 1.29 is 14.3 Å². The number of ether oxygens (including phenoxy) is 1. The van der Waals surface area contributed by atoms with E-state index in [1.807, 2.05) is 13.8 Å². The number of amides is 2. The molecule has 1 heterocycles. The van der Waals surface area contributed by atoms with Crippen LogP contribution in [0.25, 0.3) is 0 Å². The Balaban J connectivity index is 1.92. The van der Waals surface area contributed by atoms with E-state index in [1.165, 1.54) is 0 Å². The maximum Gasteiger partial charge on any atom is 0.256 e. The highest BCUT2D eigenvalue weighted by atomic mass is 35.5. The minimum absolute atomic E-state index is 0.0588. The Labute approximate surface area is 166 Å². The van der Waals surface area contributed by atoms with Crippen LogP contribution in [0.4, 0.5) is 0 Å². The Morgan fingerprint density at radius 2 is 2.07 bits per heavy atom. The van der Waals surface area contributed by atoms with Crippen molar-refractivity contribution in [2.45, 2.75) is 70.7 Å². The highest BCUT2D eigenvalue weighted by Crippen LogP contribution is 2.43. The van der Waals surface area contributed by atoms with Crippen LogP contribution in [0, 0.1) is 5.92 Å². The number of benzene rings is 1. The molecule has 1 spiro atoms. The molecule has 2 amide bonds. The largest absolute Gasteiger partial charge is 0.353 e. The van der Waals surface area contributed by atoms with Crippen LogP contribution in [0.1, 0.15) is 63.2 Å². The molecule has 1 aromatic carbocycles. The monoisotopic (exact) mass is 392 g/mol. The van der Waals surface area contributed by atoms with Gasteiger partial charge in [0.2, 0.25) is 5.91 Å². The van der Waals surface area contributed by atoms with E-state index in [1.54, 1.807) is 29.2 Å². The summed E-state index contributed by atoms with van der Waals surface area (Å²) in [4.78, 5) is 28.0. The molecule has 1 aliphatic heterocycles. The average Bonchev–Trinajstić information content (AvgIpc) is 3.02. The van der Waals surface area contributed by atoms with Crippen LogP contribution in [0.3, 0.4) is 0 Å². The van der Waals surface area contributed by atoms with Gasteiger partial charge in [-0.3, -0.25) is 14.5 Å². The number of halogens is 1. The van der Waals surface area contributed by atoms with Crippen molar-refractivity contribution in [1.29, 1.82) is 0 Å². The molecule has 27 heavy (non-hydrogen) atoms. The van der Waals surface area contributed by atoms with Gasteiger partial charge < -0.3 is 10.1 Å². The van der Waals surface area contributed by atoms with Crippen LogP contribution in [0.5, 0.6) is 0 Å². The molecule has 1 N–H and O–H groups in total. The predicted molar refractivity (Wildman–Crippen MR) is 106 cm³/mol. The highest BCUT2D eigenvalue weighted by molar-refractivity contribution is 6.31. The molecule has 3 rings (SSSR count). The summed E-state index contributed by atoms with van der Waals surface area (Å²) in [6, 6.07) is 6.35. The second kappa shape index (κ2) is 8.19. The van der Waals surface area contributed by atoms with Crippen molar-refractivity contribution in [1.82, 2.24) is 10.2 Å². The van der Waals surface area contributed by atoms with Crippen molar-refractivity contribution in [3.63, 3.8) is 0 Å². The first-order valence-corrected chi connectivity index (χ1v) is 10.3. The van der Waals surface area contributed by atoms with E-state index in [2.05, 4.69) is 12.2 Å². The zero-order valence-electron chi connectivity index (χ0n) is 16.3.